The maximum atomic E-state index is 14.1. The molecule has 2 atom stereocenters. The predicted molar refractivity (Wildman–Crippen MR) is 183 cm³/mol. The number of aromatic amines is 1. The summed E-state index contributed by atoms with van der Waals surface area (Å²) in [5.41, 5.74) is 7.07. The highest BCUT2D eigenvalue weighted by atomic mass is 16.5. The van der Waals surface area contributed by atoms with Crippen LogP contribution in [0.5, 0.6) is 5.75 Å². The maximum Gasteiger partial charge on any atom is 0.439 e. The molecule has 1 fully saturated rings. The Labute approximate surface area is 271 Å². The van der Waals surface area contributed by atoms with Gasteiger partial charge in [-0.15, -0.1) is 0 Å². The number of ketones is 1. The first-order chi connectivity index (χ1) is 22.5. The number of rotatable bonds is 9. The molecule has 0 aliphatic carbocycles. The fourth-order valence-electron chi connectivity index (χ4n) is 5.71. The quantitative estimate of drug-likeness (QED) is 0.201. The number of allylic oxidation sites excluding steroid dienone is 2. The summed E-state index contributed by atoms with van der Waals surface area (Å²) in [5.74, 6) is 0.260. The average Bonchev–Trinajstić information content (AvgIpc) is 3.78. The Morgan fingerprint density at radius 2 is 1.61 bits per heavy atom. The van der Waals surface area contributed by atoms with E-state index in [1.165, 1.54) is 0 Å². The molecular formula is C38H45N3O5. The molecule has 2 unspecified atom stereocenters. The minimum absolute atomic E-state index is 0.0767. The maximum absolute atomic E-state index is 14.1. The Bertz CT molecular complexity index is 1690. The number of carbonyl (C=O) groups excluding carboxylic acids is 1. The van der Waals surface area contributed by atoms with Crippen molar-refractivity contribution in [2.24, 2.45) is 4.99 Å². The van der Waals surface area contributed by atoms with E-state index < -0.39 is 11.7 Å². The zero-order valence-electron chi connectivity index (χ0n) is 27.8. The Morgan fingerprint density at radius 1 is 0.913 bits per heavy atom. The molecule has 46 heavy (non-hydrogen) atoms. The van der Waals surface area contributed by atoms with E-state index in [0.29, 0.717) is 18.9 Å². The smallest absolute Gasteiger partial charge is 0.439 e. The lowest BCUT2D eigenvalue weighted by Gasteiger charge is -2.25. The molecule has 0 bridgehead atoms. The number of benzene rings is 3. The van der Waals surface area contributed by atoms with Crippen LogP contribution in [0.3, 0.4) is 0 Å². The molecule has 6 rings (SSSR count). The molecule has 8 heteroatoms. The number of H-pyrrole nitrogens is 1. The first kappa shape index (κ1) is 34.3. The van der Waals surface area contributed by atoms with E-state index in [-0.39, 0.29) is 11.9 Å². The predicted octanol–water partition coefficient (Wildman–Crippen LogP) is 8.34. The molecule has 0 amide bonds. The molecule has 0 radical (unpaired) electrons. The second-order valence-electron chi connectivity index (χ2n) is 10.8. The van der Waals surface area contributed by atoms with Crippen LogP contribution in [0.2, 0.25) is 0 Å². The van der Waals surface area contributed by atoms with Crippen molar-refractivity contribution in [3.05, 3.63) is 106 Å². The number of nitrogens with one attached hydrogen (secondary N) is 1. The number of hydrogen-bond acceptors (Lipinski definition) is 7. The van der Waals surface area contributed by atoms with E-state index in [1.807, 2.05) is 107 Å². The van der Waals surface area contributed by atoms with Crippen LogP contribution in [0, 0.1) is 0 Å². The van der Waals surface area contributed by atoms with Gasteiger partial charge < -0.3 is 9.47 Å². The van der Waals surface area contributed by atoms with E-state index in [4.69, 9.17) is 19.0 Å². The van der Waals surface area contributed by atoms with Crippen molar-refractivity contribution in [1.82, 2.24) is 10.1 Å². The molecule has 1 N–H and O–H groups in total. The molecule has 1 aromatic heterocycles. The van der Waals surface area contributed by atoms with Gasteiger partial charge in [0.2, 0.25) is 0 Å². The van der Waals surface area contributed by atoms with E-state index in [2.05, 4.69) is 17.1 Å². The summed E-state index contributed by atoms with van der Waals surface area (Å²) in [6.07, 6.45) is 3.13. The number of aromatic nitrogens is 2. The van der Waals surface area contributed by atoms with Crippen molar-refractivity contribution in [3.63, 3.8) is 0 Å². The van der Waals surface area contributed by atoms with Crippen molar-refractivity contribution < 1.29 is 18.8 Å². The summed E-state index contributed by atoms with van der Waals surface area (Å²) in [6, 6.07) is 23.7. The molecule has 2 aliphatic rings. The summed E-state index contributed by atoms with van der Waals surface area (Å²) < 4.78 is 16.1. The van der Waals surface area contributed by atoms with Gasteiger partial charge in [-0.3, -0.25) is 19.3 Å². The molecule has 242 valence electrons. The summed E-state index contributed by atoms with van der Waals surface area (Å²) in [4.78, 5) is 33.2. The van der Waals surface area contributed by atoms with Gasteiger partial charge in [0, 0.05) is 35.4 Å². The van der Waals surface area contributed by atoms with Crippen LogP contribution < -0.4 is 10.5 Å². The lowest BCUT2D eigenvalue weighted by Crippen LogP contribution is -2.27. The van der Waals surface area contributed by atoms with E-state index in [1.54, 1.807) is 0 Å². The number of Topliss-reactive ketones (excluding diaryl/α,β-unsaturated/α-hetero) is 1. The van der Waals surface area contributed by atoms with Crippen LogP contribution in [-0.2, 0) is 16.0 Å². The third-order valence-electron chi connectivity index (χ3n) is 7.80. The highest BCUT2D eigenvalue weighted by Crippen LogP contribution is 2.35. The summed E-state index contributed by atoms with van der Waals surface area (Å²) in [7, 11) is 0. The first-order valence-electron chi connectivity index (χ1n) is 16.4. The Balaban J connectivity index is 0.00000116. The van der Waals surface area contributed by atoms with Gasteiger partial charge in [0.25, 0.3) is 0 Å². The Morgan fingerprint density at radius 3 is 2.22 bits per heavy atom. The number of aliphatic imine (C=N–C) groups is 1. The van der Waals surface area contributed by atoms with Crippen molar-refractivity contribution in [3.8, 4) is 28.3 Å². The number of hydrogen-bond donors (Lipinski definition) is 1. The number of nitrogens with zero attached hydrogens (tertiary/aromatic N) is 2. The largest absolute Gasteiger partial charge is 0.488 e. The number of ether oxygens (including phenoxy) is 2. The van der Waals surface area contributed by atoms with Gasteiger partial charge in [-0.25, -0.2) is 4.79 Å². The summed E-state index contributed by atoms with van der Waals surface area (Å²) in [6.45, 7) is 13.4. The zero-order chi connectivity index (χ0) is 33.1. The van der Waals surface area contributed by atoms with Gasteiger partial charge in [-0.1, -0.05) is 107 Å². The number of carbonyl (C=O) groups is 1. The van der Waals surface area contributed by atoms with E-state index in [0.717, 1.165) is 76.4 Å². The van der Waals surface area contributed by atoms with Gasteiger partial charge in [0.15, 0.2) is 11.6 Å². The van der Waals surface area contributed by atoms with Gasteiger partial charge in [0.1, 0.15) is 11.9 Å². The van der Waals surface area contributed by atoms with Gasteiger partial charge in [-0.05, 0) is 47.7 Å². The third-order valence-corrected chi connectivity index (χ3v) is 7.80. The molecule has 0 saturated carbocycles. The van der Waals surface area contributed by atoms with Crippen molar-refractivity contribution >= 4 is 11.5 Å². The molecule has 3 aromatic carbocycles. The highest BCUT2D eigenvalue weighted by molar-refractivity contribution is 6.18. The first-order valence-corrected chi connectivity index (χ1v) is 16.4. The standard InChI is InChI=1S/C34H33N3O5.2C2H6/c1-3-6-30-29(32(38)31(21(2)35-30)24-13-15-25(16-14-24)41-26-17-18-40-20-26)19-22-9-11-23(12-10-22)27-7-4-5-8-28(27)33-36-34(39)42-37-33;2*1-2/h4-5,7-16,26,31H,3,6,17-20H2,1-2H3,(H,36,37,39);2*1-2H3. The fraction of sp³-hybridized carbons (Fsp3) is 0.368. The monoisotopic (exact) mass is 623 g/mol. The van der Waals surface area contributed by atoms with Gasteiger partial charge in [0.05, 0.1) is 19.1 Å². The lowest BCUT2D eigenvalue weighted by atomic mass is 9.81. The molecule has 1 saturated heterocycles. The second kappa shape index (κ2) is 16.7. The fourth-order valence-corrected chi connectivity index (χ4v) is 5.71. The van der Waals surface area contributed by atoms with E-state index in [9.17, 15) is 9.59 Å². The molecule has 4 aromatic rings. The summed E-state index contributed by atoms with van der Waals surface area (Å²) >= 11 is 0. The highest BCUT2D eigenvalue weighted by Gasteiger charge is 2.32. The minimum Gasteiger partial charge on any atom is -0.488 e. The van der Waals surface area contributed by atoms with Crippen molar-refractivity contribution in [1.29, 1.82) is 0 Å². The summed E-state index contributed by atoms with van der Waals surface area (Å²) in [5, 5.41) is 3.86. The Kier molecular flexibility index (Phi) is 12.4. The van der Waals surface area contributed by atoms with Crippen LogP contribution in [0.4, 0.5) is 0 Å². The average molecular weight is 624 g/mol. The van der Waals surface area contributed by atoms with Crippen LogP contribution in [0.25, 0.3) is 22.5 Å². The zero-order valence-corrected chi connectivity index (χ0v) is 27.8. The molecule has 3 heterocycles. The van der Waals surface area contributed by atoms with Gasteiger partial charge >= 0.3 is 5.76 Å². The van der Waals surface area contributed by atoms with Crippen LogP contribution in [0.1, 0.15) is 77.8 Å². The molecule has 8 nitrogen and oxygen atoms in total. The molecule has 2 aliphatic heterocycles. The minimum atomic E-state index is -0.594. The van der Waals surface area contributed by atoms with Crippen molar-refractivity contribution in [2.45, 2.75) is 79.2 Å². The van der Waals surface area contributed by atoms with Gasteiger partial charge in [-0.2, -0.15) is 0 Å². The third kappa shape index (κ3) is 7.98. The van der Waals surface area contributed by atoms with Crippen molar-refractivity contribution in [2.75, 3.05) is 13.2 Å². The molecule has 0 spiro atoms. The normalized spacial score (nSPS) is 17.4. The van der Waals surface area contributed by atoms with Crippen LogP contribution >= 0.6 is 0 Å². The SMILES string of the molecule is CC.CC.CCCC1=C(Cc2ccc(-c3ccccc3-c3noc(=O)[nH]3)cc2)C(=O)C(c2ccc(OC3CCOC3)cc2)C(C)=N1. The Hall–Kier alpha value is -4.56. The van der Waals surface area contributed by atoms with E-state index >= 15 is 0 Å². The topological polar surface area (TPSA) is 107 Å². The van der Waals surface area contributed by atoms with Crippen LogP contribution in [-0.4, -0.2) is 41.0 Å². The molecular weight excluding hydrogens is 578 g/mol. The van der Waals surface area contributed by atoms with Crippen LogP contribution in [0.15, 0.2) is 98.4 Å². The lowest BCUT2D eigenvalue weighted by molar-refractivity contribution is -0.115. The second-order valence-corrected chi connectivity index (χ2v) is 10.8.